The minimum Gasteiger partial charge on any atom is -0.360 e. The van der Waals surface area contributed by atoms with Crippen molar-refractivity contribution in [2.24, 2.45) is 0 Å². The van der Waals surface area contributed by atoms with Crippen LogP contribution in [-0.2, 0) is 5.41 Å². The summed E-state index contributed by atoms with van der Waals surface area (Å²) in [4.78, 5) is 7.73. The van der Waals surface area contributed by atoms with Crippen LogP contribution in [0, 0.1) is 0 Å². The molecular weight excluding hydrogens is 160 g/mol. The first-order valence-electron chi connectivity index (χ1n) is 4.52. The van der Waals surface area contributed by atoms with Crippen LogP contribution in [0.2, 0.25) is 0 Å². The van der Waals surface area contributed by atoms with Gasteiger partial charge in [0.15, 0.2) is 0 Å². The van der Waals surface area contributed by atoms with Gasteiger partial charge in [-0.1, -0.05) is 20.8 Å². The van der Waals surface area contributed by atoms with Gasteiger partial charge in [-0.3, -0.25) is 4.98 Å². The molecule has 0 atom stereocenters. The van der Waals surface area contributed by atoms with Crippen molar-refractivity contribution in [1.29, 1.82) is 0 Å². The van der Waals surface area contributed by atoms with Gasteiger partial charge in [-0.25, -0.2) is 0 Å². The van der Waals surface area contributed by atoms with Crippen molar-refractivity contribution in [3.63, 3.8) is 0 Å². The quantitative estimate of drug-likeness (QED) is 0.653. The number of aromatic amines is 1. The molecule has 0 amide bonds. The van der Waals surface area contributed by atoms with Gasteiger partial charge >= 0.3 is 0 Å². The van der Waals surface area contributed by atoms with E-state index in [1.54, 1.807) is 0 Å². The lowest BCUT2D eigenvalue weighted by molar-refractivity contribution is 0.573. The van der Waals surface area contributed by atoms with E-state index in [0.717, 1.165) is 17.1 Å². The summed E-state index contributed by atoms with van der Waals surface area (Å²) in [5.74, 6) is 0. The maximum Gasteiger partial charge on any atom is 0.0869 e. The second-order valence-corrected chi connectivity index (χ2v) is 4.36. The van der Waals surface area contributed by atoms with Crippen LogP contribution < -0.4 is 0 Å². The molecule has 2 rings (SSSR count). The highest BCUT2D eigenvalue weighted by Gasteiger charge is 2.19. The maximum atomic E-state index is 4.55. The Kier molecular flexibility index (Phi) is 1.65. The predicted molar refractivity (Wildman–Crippen MR) is 53.9 cm³/mol. The molecule has 0 aliphatic carbocycles. The summed E-state index contributed by atoms with van der Waals surface area (Å²) in [6, 6.07) is 6.12. The summed E-state index contributed by atoms with van der Waals surface area (Å²) in [5.41, 5.74) is 3.44. The molecule has 13 heavy (non-hydrogen) atoms. The molecular formula is C11H14N2. The predicted octanol–water partition coefficient (Wildman–Crippen LogP) is 2.81. The van der Waals surface area contributed by atoms with Gasteiger partial charge in [-0.2, -0.15) is 0 Å². The molecule has 0 aromatic carbocycles. The topological polar surface area (TPSA) is 28.7 Å². The summed E-state index contributed by atoms with van der Waals surface area (Å²) in [6.45, 7) is 6.52. The highest BCUT2D eigenvalue weighted by molar-refractivity contribution is 5.58. The zero-order valence-electron chi connectivity index (χ0n) is 8.26. The third kappa shape index (κ3) is 1.44. The van der Waals surface area contributed by atoms with Crippen LogP contribution in [0.3, 0.4) is 0 Å². The van der Waals surface area contributed by atoms with Crippen LogP contribution in [0.4, 0.5) is 0 Å². The lowest BCUT2D eigenvalue weighted by atomic mass is 9.93. The molecule has 0 radical (unpaired) electrons. The molecule has 2 aliphatic rings. The van der Waals surface area contributed by atoms with Gasteiger partial charge < -0.3 is 4.98 Å². The van der Waals surface area contributed by atoms with E-state index in [-0.39, 0.29) is 5.41 Å². The average Bonchev–Trinajstić information content (AvgIpc) is 2.45. The fourth-order valence-electron chi connectivity index (χ4n) is 1.34. The minimum atomic E-state index is 0.132. The van der Waals surface area contributed by atoms with Crippen LogP contribution >= 0.6 is 0 Å². The van der Waals surface area contributed by atoms with Crippen LogP contribution in [0.15, 0.2) is 24.4 Å². The molecule has 2 nitrogen and oxygen atoms in total. The molecule has 0 unspecified atom stereocenters. The first kappa shape index (κ1) is 8.30. The van der Waals surface area contributed by atoms with E-state index >= 15 is 0 Å². The Bertz CT molecular complexity index is 352. The highest BCUT2D eigenvalue weighted by Crippen LogP contribution is 2.27. The van der Waals surface area contributed by atoms with E-state index in [9.17, 15) is 0 Å². The van der Waals surface area contributed by atoms with Gasteiger partial charge in [0.25, 0.3) is 0 Å². The van der Waals surface area contributed by atoms with Gasteiger partial charge in [0.1, 0.15) is 0 Å². The summed E-state index contributed by atoms with van der Waals surface area (Å²) in [6.07, 6.45) is 1.93. The molecule has 2 aliphatic heterocycles. The number of aromatic nitrogens is 2. The van der Waals surface area contributed by atoms with Gasteiger partial charge in [-0.15, -0.1) is 0 Å². The first-order valence-corrected chi connectivity index (χ1v) is 4.52. The zero-order chi connectivity index (χ0) is 9.47. The minimum absolute atomic E-state index is 0.132. The van der Waals surface area contributed by atoms with Gasteiger partial charge in [0, 0.05) is 17.3 Å². The van der Waals surface area contributed by atoms with Crippen molar-refractivity contribution in [2.75, 3.05) is 0 Å². The highest BCUT2D eigenvalue weighted by atomic mass is 14.8. The van der Waals surface area contributed by atoms with Gasteiger partial charge in [0.05, 0.1) is 11.4 Å². The number of nitrogens with one attached hydrogen (secondary N) is 1. The maximum absolute atomic E-state index is 4.55. The Morgan fingerprint density at radius 1 is 1.31 bits per heavy atom. The number of rotatable bonds is 0. The van der Waals surface area contributed by atoms with Crippen LogP contribution in [0.1, 0.15) is 26.5 Å². The monoisotopic (exact) mass is 174 g/mol. The number of hydrogen-bond acceptors (Lipinski definition) is 1. The normalized spacial score (nSPS) is 12.2. The lowest BCUT2D eigenvalue weighted by Gasteiger charge is -2.14. The van der Waals surface area contributed by atoms with Crippen LogP contribution in [0.25, 0.3) is 11.4 Å². The molecule has 0 aromatic heterocycles. The van der Waals surface area contributed by atoms with E-state index < -0.39 is 0 Å². The van der Waals surface area contributed by atoms with Crippen molar-refractivity contribution in [1.82, 2.24) is 9.97 Å². The Hall–Kier alpha value is -1.31. The molecule has 68 valence electrons. The molecule has 2 heteroatoms. The van der Waals surface area contributed by atoms with Crippen molar-refractivity contribution in [2.45, 2.75) is 26.2 Å². The number of fused-ring (bicyclic) bond motifs is 1. The smallest absolute Gasteiger partial charge is 0.0869 e. The molecule has 0 fully saturated rings. The first-order chi connectivity index (χ1) is 6.07. The fourth-order valence-corrected chi connectivity index (χ4v) is 1.34. The second kappa shape index (κ2) is 2.59. The van der Waals surface area contributed by atoms with E-state index in [0.29, 0.717) is 0 Å². The van der Waals surface area contributed by atoms with Crippen LogP contribution in [0.5, 0.6) is 0 Å². The summed E-state index contributed by atoms with van der Waals surface area (Å²) < 4.78 is 0. The third-order valence-electron chi connectivity index (χ3n) is 2.16. The molecule has 0 saturated carbocycles. The van der Waals surface area contributed by atoms with Gasteiger partial charge in [0.2, 0.25) is 0 Å². The van der Waals surface area contributed by atoms with Crippen molar-refractivity contribution in [3.05, 3.63) is 30.1 Å². The van der Waals surface area contributed by atoms with E-state index in [2.05, 4.69) is 36.8 Å². The molecule has 0 spiro atoms. The fraction of sp³-hybridized carbons (Fsp3) is 0.364. The summed E-state index contributed by atoms with van der Waals surface area (Å²) in [7, 11) is 0. The molecule has 0 saturated heterocycles. The second-order valence-electron chi connectivity index (χ2n) is 4.36. The number of nitrogens with zero attached hydrogens (tertiary/aromatic N) is 1. The Morgan fingerprint density at radius 2 is 2.08 bits per heavy atom. The Balaban J connectivity index is 2.58. The number of H-pyrrole nitrogens is 1. The lowest BCUT2D eigenvalue weighted by Crippen LogP contribution is -2.10. The standard InChI is InChI=1S/C11H14N2/c1-11(2,3)10-7-9-8(13-10)5-4-6-12-9/h4-7,12H,1-3H3. The third-order valence-corrected chi connectivity index (χ3v) is 2.16. The average molecular weight is 174 g/mol. The van der Waals surface area contributed by atoms with Crippen molar-refractivity contribution < 1.29 is 0 Å². The SMILES string of the molecule is CC(C)(C)c1cc2[nH]cccc-2n1. The largest absolute Gasteiger partial charge is 0.360 e. The van der Waals surface area contributed by atoms with E-state index in [1.807, 2.05) is 18.3 Å². The van der Waals surface area contributed by atoms with Crippen molar-refractivity contribution in [3.8, 4) is 11.4 Å². The summed E-state index contributed by atoms with van der Waals surface area (Å²) in [5, 5.41) is 0. The molecule has 1 N–H and O–H groups in total. The van der Waals surface area contributed by atoms with Crippen molar-refractivity contribution >= 4 is 0 Å². The summed E-state index contributed by atoms with van der Waals surface area (Å²) >= 11 is 0. The molecule has 2 heterocycles. The van der Waals surface area contributed by atoms with E-state index in [1.165, 1.54) is 0 Å². The molecule has 0 aromatic rings. The Labute approximate surface area is 78.4 Å². The zero-order valence-corrected chi connectivity index (χ0v) is 8.26. The Morgan fingerprint density at radius 3 is 2.69 bits per heavy atom. The number of hydrogen-bond donors (Lipinski definition) is 1. The molecule has 0 bridgehead atoms. The van der Waals surface area contributed by atoms with Gasteiger partial charge in [-0.05, 0) is 18.2 Å². The van der Waals surface area contributed by atoms with E-state index in [4.69, 9.17) is 0 Å². The number of pyridine rings is 1. The van der Waals surface area contributed by atoms with Crippen LogP contribution in [-0.4, -0.2) is 9.97 Å².